The number of hydrogen-bond acceptors (Lipinski definition) is 5. The molecular formula is C28H26FNO4. The SMILES string of the molecule is CCOc1cc(/C=C2\N=C(c3ccc(C(C)C)cc3)OC2=O)ccc1OCc1ccc(F)cc1. The van der Waals surface area contributed by atoms with Crippen molar-refractivity contribution in [2.24, 2.45) is 4.99 Å². The van der Waals surface area contributed by atoms with Crippen LogP contribution in [0.4, 0.5) is 4.39 Å². The number of ether oxygens (including phenoxy) is 3. The van der Waals surface area contributed by atoms with Gasteiger partial charge in [0, 0.05) is 5.56 Å². The number of carbonyl (C=O) groups is 1. The molecule has 6 heteroatoms. The maximum Gasteiger partial charge on any atom is 0.363 e. The molecule has 1 aliphatic rings. The molecule has 1 heterocycles. The summed E-state index contributed by atoms with van der Waals surface area (Å²) in [5.74, 6) is 1.00. The Kier molecular flexibility index (Phi) is 7.07. The molecular weight excluding hydrogens is 433 g/mol. The van der Waals surface area contributed by atoms with E-state index in [2.05, 4.69) is 18.8 Å². The molecule has 174 valence electrons. The van der Waals surface area contributed by atoms with Crippen molar-refractivity contribution in [2.75, 3.05) is 6.61 Å². The van der Waals surface area contributed by atoms with Gasteiger partial charge in [-0.05, 0) is 72.0 Å². The highest BCUT2D eigenvalue weighted by molar-refractivity contribution is 6.12. The summed E-state index contributed by atoms with van der Waals surface area (Å²) in [5.41, 5.74) is 3.73. The minimum atomic E-state index is -0.502. The summed E-state index contributed by atoms with van der Waals surface area (Å²) in [6.07, 6.45) is 1.66. The van der Waals surface area contributed by atoms with Crippen LogP contribution in [0, 0.1) is 5.82 Å². The van der Waals surface area contributed by atoms with E-state index in [0.29, 0.717) is 24.0 Å². The molecule has 0 aromatic heterocycles. The van der Waals surface area contributed by atoms with Crippen LogP contribution in [0.2, 0.25) is 0 Å². The number of rotatable bonds is 8. The predicted octanol–water partition coefficient (Wildman–Crippen LogP) is 6.27. The molecule has 3 aromatic rings. The van der Waals surface area contributed by atoms with E-state index in [4.69, 9.17) is 14.2 Å². The first-order valence-corrected chi connectivity index (χ1v) is 11.2. The average molecular weight is 460 g/mol. The molecule has 5 nitrogen and oxygen atoms in total. The Morgan fingerprint density at radius 2 is 1.71 bits per heavy atom. The normalized spacial score (nSPS) is 14.3. The van der Waals surface area contributed by atoms with Crippen LogP contribution in [0.3, 0.4) is 0 Å². The van der Waals surface area contributed by atoms with Gasteiger partial charge in [-0.25, -0.2) is 14.2 Å². The van der Waals surface area contributed by atoms with Crippen LogP contribution in [-0.2, 0) is 16.1 Å². The molecule has 4 rings (SSSR count). The molecule has 0 saturated carbocycles. The Labute approximate surface area is 198 Å². The number of nitrogens with zero attached hydrogens (tertiary/aromatic N) is 1. The maximum absolute atomic E-state index is 13.1. The van der Waals surface area contributed by atoms with E-state index in [1.54, 1.807) is 30.3 Å². The number of esters is 1. The Balaban J connectivity index is 1.53. The lowest BCUT2D eigenvalue weighted by atomic mass is 10.0. The van der Waals surface area contributed by atoms with Crippen molar-refractivity contribution >= 4 is 17.9 Å². The molecule has 0 radical (unpaired) electrons. The molecule has 0 saturated heterocycles. The number of cyclic esters (lactones) is 1. The van der Waals surface area contributed by atoms with Gasteiger partial charge in [0.15, 0.2) is 17.2 Å². The van der Waals surface area contributed by atoms with Crippen LogP contribution in [-0.4, -0.2) is 18.5 Å². The molecule has 1 aliphatic heterocycles. The van der Waals surface area contributed by atoms with Crippen LogP contribution in [0.1, 0.15) is 48.9 Å². The lowest BCUT2D eigenvalue weighted by molar-refractivity contribution is -0.129. The van der Waals surface area contributed by atoms with Gasteiger partial charge in [0.2, 0.25) is 5.90 Å². The van der Waals surface area contributed by atoms with E-state index in [1.807, 2.05) is 37.3 Å². The monoisotopic (exact) mass is 459 g/mol. The molecule has 0 bridgehead atoms. The summed E-state index contributed by atoms with van der Waals surface area (Å²) in [7, 11) is 0. The van der Waals surface area contributed by atoms with E-state index in [0.717, 1.165) is 16.7 Å². The maximum atomic E-state index is 13.1. The Morgan fingerprint density at radius 3 is 2.38 bits per heavy atom. The first kappa shape index (κ1) is 23.2. The molecule has 0 N–H and O–H groups in total. The van der Waals surface area contributed by atoms with Crippen molar-refractivity contribution in [3.63, 3.8) is 0 Å². The van der Waals surface area contributed by atoms with Crippen molar-refractivity contribution in [3.05, 3.63) is 100 Å². The highest BCUT2D eigenvalue weighted by Gasteiger charge is 2.24. The summed E-state index contributed by atoms with van der Waals surface area (Å²) in [6.45, 7) is 6.85. The third kappa shape index (κ3) is 5.52. The fourth-order valence-corrected chi connectivity index (χ4v) is 3.44. The van der Waals surface area contributed by atoms with Gasteiger partial charge >= 0.3 is 5.97 Å². The van der Waals surface area contributed by atoms with E-state index >= 15 is 0 Å². The molecule has 0 spiro atoms. The van der Waals surface area contributed by atoms with Crippen LogP contribution >= 0.6 is 0 Å². The quantitative estimate of drug-likeness (QED) is 0.294. The topological polar surface area (TPSA) is 57.1 Å². The first-order valence-electron chi connectivity index (χ1n) is 11.2. The molecule has 3 aromatic carbocycles. The molecule has 0 amide bonds. The highest BCUT2D eigenvalue weighted by atomic mass is 19.1. The van der Waals surface area contributed by atoms with Crippen molar-refractivity contribution in [3.8, 4) is 11.5 Å². The summed E-state index contributed by atoms with van der Waals surface area (Å²) < 4.78 is 30.1. The summed E-state index contributed by atoms with van der Waals surface area (Å²) in [4.78, 5) is 16.8. The molecule has 0 fully saturated rings. The van der Waals surface area contributed by atoms with Gasteiger partial charge in [0.25, 0.3) is 0 Å². The van der Waals surface area contributed by atoms with E-state index in [-0.39, 0.29) is 24.0 Å². The second kappa shape index (κ2) is 10.3. The number of benzene rings is 3. The van der Waals surface area contributed by atoms with Gasteiger partial charge < -0.3 is 14.2 Å². The smallest absolute Gasteiger partial charge is 0.363 e. The number of halogens is 1. The molecule has 34 heavy (non-hydrogen) atoms. The van der Waals surface area contributed by atoms with Crippen LogP contribution in [0.25, 0.3) is 6.08 Å². The minimum Gasteiger partial charge on any atom is -0.490 e. The highest BCUT2D eigenvalue weighted by Crippen LogP contribution is 2.31. The Hall–Kier alpha value is -3.93. The molecule has 0 unspecified atom stereocenters. The summed E-state index contributed by atoms with van der Waals surface area (Å²) in [5, 5.41) is 0. The average Bonchev–Trinajstić information content (AvgIpc) is 3.20. The van der Waals surface area contributed by atoms with Gasteiger partial charge in [-0.2, -0.15) is 0 Å². The predicted molar refractivity (Wildman–Crippen MR) is 129 cm³/mol. The number of carbonyl (C=O) groups excluding carboxylic acids is 1. The summed E-state index contributed by atoms with van der Waals surface area (Å²) in [6, 6.07) is 19.3. The zero-order valence-corrected chi connectivity index (χ0v) is 19.4. The van der Waals surface area contributed by atoms with E-state index < -0.39 is 5.97 Å². The first-order chi connectivity index (χ1) is 16.4. The van der Waals surface area contributed by atoms with Gasteiger partial charge in [-0.1, -0.05) is 44.2 Å². The largest absolute Gasteiger partial charge is 0.490 e. The van der Waals surface area contributed by atoms with E-state index in [1.165, 1.54) is 17.7 Å². The standard InChI is InChI=1S/C28H26FNO4/c1-4-32-26-16-20(7-14-25(26)33-17-19-5-12-23(29)13-6-19)15-24-28(31)34-27(30-24)22-10-8-21(9-11-22)18(2)3/h5-16,18H,4,17H2,1-3H3/b24-15-. The van der Waals surface area contributed by atoms with Gasteiger partial charge in [-0.3, -0.25) is 0 Å². The second-order valence-corrected chi connectivity index (χ2v) is 8.17. The zero-order chi connectivity index (χ0) is 24.1. The Bertz CT molecular complexity index is 1230. The van der Waals surface area contributed by atoms with E-state index in [9.17, 15) is 9.18 Å². The third-order valence-electron chi connectivity index (χ3n) is 5.32. The van der Waals surface area contributed by atoms with Crippen LogP contribution < -0.4 is 9.47 Å². The minimum absolute atomic E-state index is 0.213. The Morgan fingerprint density at radius 1 is 0.971 bits per heavy atom. The third-order valence-corrected chi connectivity index (χ3v) is 5.32. The fraction of sp³-hybridized carbons (Fsp3) is 0.214. The van der Waals surface area contributed by atoms with Crippen molar-refractivity contribution < 1.29 is 23.4 Å². The molecule has 0 aliphatic carbocycles. The lowest BCUT2D eigenvalue weighted by Crippen LogP contribution is -2.05. The number of hydrogen-bond donors (Lipinski definition) is 0. The van der Waals surface area contributed by atoms with Gasteiger partial charge in [-0.15, -0.1) is 0 Å². The second-order valence-electron chi connectivity index (χ2n) is 8.17. The van der Waals surface area contributed by atoms with Gasteiger partial charge in [0.1, 0.15) is 12.4 Å². The van der Waals surface area contributed by atoms with Crippen LogP contribution in [0.15, 0.2) is 77.4 Å². The molecule has 0 atom stereocenters. The van der Waals surface area contributed by atoms with Crippen molar-refractivity contribution in [2.45, 2.75) is 33.3 Å². The van der Waals surface area contributed by atoms with Crippen molar-refractivity contribution in [1.29, 1.82) is 0 Å². The van der Waals surface area contributed by atoms with Crippen molar-refractivity contribution in [1.82, 2.24) is 0 Å². The lowest BCUT2D eigenvalue weighted by Gasteiger charge is -2.13. The van der Waals surface area contributed by atoms with Gasteiger partial charge in [0.05, 0.1) is 6.61 Å². The number of aliphatic imine (C=N–C) groups is 1. The zero-order valence-electron chi connectivity index (χ0n) is 19.4. The fourth-order valence-electron chi connectivity index (χ4n) is 3.44. The summed E-state index contributed by atoms with van der Waals surface area (Å²) >= 11 is 0. The van der Waals surface area contributed by atoms with Crippen LogP contribution in [0.5, 0.6) is 11.5 Å².